The highest BCUT2D eigenvalue weighted by Gasteiger charge is 2.16. The number of carbonyl (C=O) groups is 2. The van der Waals surface area contributed by atoms with Gasteiger partial charge in [-0.3, -0.25) is 0 Å². The third-order valence-electron chi connectivity index (χ3n) is 2.64. The molecule has 1 N–H and O–H groups in total. The molecule has 0 aromatic heterocycles. The summed E-state index contributed by atoms with van der Waals surface area (Å²) in [6.07, 6.45) is 0. The molecule has 0 heterocycles. The Kier molecular flexibility index (Phi) is 6.02. The average Bonchev–Trinajstić information content (AvgIpc) is 2.42. The van der Waals surface area contributed by atoms with Crippen LogP contribution in [0.5, 0.6) is 0 Å². The summed E-state index contributed by atoms with van der Waals surface area (Å²) in [7, 11) is 0. The summed E-state index contributed by atoms with van der Waals surface area (Å²) >= 11 is 0. The summed E-state index contributed by atoms with van der Waals surface area (Å²) in [6.45, 7) is 4.11. The van der Waals surface area contributed by atoms with E-state index in [1.807, 2.05) is 6.92 Å². The van der Waals surface area contributed by atoms with Gasteiger partial charge in [0.25, 0.3) is 0 Å². The van der Waals surface area contributed by atoms with Gasteiger partial charge in [-0.05, 0) is 18.6 Å². The summed E-state index contributed by atoms with van der Waals surface area (Å²) in [4.78, 5) is 22.4. The second-order valence-corrected chi connectivity index (χ2v) is 4.11. The molecule has 0 aliphatic carbocycles. The zero-order chi connectivity index (χ0) is 14.3. The number of hydrogen-bond acceptors (Lipinski definition) is 4. The maximum Gasteiger partial charge on any atom is 0.335 e. The number of rotatable bonds is 7. The monoisotopic (exact) mass is 266 g/mol. The van der Waals surface area contributed by atoms with Gasteiger partial charge in [-0.2, -0.15) is 0 Å². The average molecular weight is 266 g/mol. The van der Waals surface area contributed by atoms with E-state index in [9.17, 15) is 9.59 Å². The Hall–Kier alpha value is -1.88. The first-order chi connectivity index (χ1) is 9.06. The van der Waals surface area contributed by atoms with Crippen molar-refractivity contribution in [3.8, 4) is 0 Å². The molecule has 0 aliphatic heterocycles. The van der Waals surface area contributed by atoms with Crippen LogP contribution in [0.4, 0.5) is 0 Å². The first-order valence-corrected chi connectivity index (χ1v) is 6.11. The first kappa shape index (κ1) is 15.2. The predicted molar refractivity (Wildman–Crippen MR) is 69.3 cm³/mol. The van der Waals surface area contributed by atoms with Crippen molar-refractivity contribution in [3.05, 3.63) is 35.4 Å². The second-order valence-electron chi connectivity index (χ2n) is 4.11. The number of esters is 1. The van der Waals surface area contributed by atoms with Crippen molar-refractivity contribution < 1.29 is 24.2 Å². The van der Waals surface area contributed by atoms with Crippen molar-refractivity contribution >= 4 is 11.9 Å². The lowest BCUT2D eigenvalue weighted by Gasteiger charge is -2.14. The van der Waals surface area contributed by atoms with Gasteiger partial charge in [0.1, 0.15) is 6.61 Å². The minimum atomic E-state index is -0.983. The molecular weight excluding hydrogens is 248 g/mol. The van der Waals surface area contributed by atoms with Crippen molar-refractivity contribution in [1.82, 2.24) is 0 Å². The molecule has 0 bridgehead atoms. The summed E-state index contributed by atoms with van der Waals surface area (Å²) in [5.74, 6) is -1.61. The van der Waals surface area contributed by atoms with Gasteiger partial charge in [-0.15, -0.1) is 0 Å². The van der Waals surface area contributed by atoms with Crippen LogP contribution in [0, 0.1) is 0 Å². The maximum atomic E-state index is 11.3. The number of hydrogen-bond donors (Lipinski definition) is 1. The van der Waals surface area contributed by atoms with Gasteiger partial charge < -0.3 is 14.6 Å². The lowest BCUT2D eigenvalue weighted by molar-refractivity contribution is -0.149. The van der Waals surface area contributed by atoms with Crippen LogP contribution in [0.25, 0.3) is 0 Å². The SMILES string of the molecule is CCOCC(=O)OCC(C)c1ccccc1C(=O)O. The second kappa shape index (κ2) is 7.53. The van der Waals surface area contributed by atoms with E-state index in [2.05, 4.69) is 0 Å². The summed E-state index contributed by atoms with van der Waals surface area (Å²) in [6, 6.07) is 6.70. The van der Waals surface area contributed by atoms with Crippen LogP contribution in [0.2, 0.25) is 0 Å². The van der Waals surface area contributed by atoms with E-state index in [1.165, 1.54) is 6.07 Å². The number of carboxylic acids is 1. The molecule has 5 nitrogen and oxygen atoms in total. The third kappa shape index (κ3) is 4.71. The van der Waals surface area contributed by atoms with Gasteiger partial charge >= 0.3 is 11.9 Å². The number of carbonyl (C=O) groups excluding carboxylic acids is 1. The molecule has 0 spiro atoms. The molecule has 0 radical (unpaired) electrons. The molecule has 1 aromatic carbocycles. The Morgan fingerprint density at radius 1 is 1.32 bits per heavy atom. The van der Waals surface area contributed by atoms with E-state index in [1.54, 1.807) is 25.1 Å². The van der Waals surface area contributed by atoms with E-state index in [0.717, 1.165) is 0 Å². The molecule has 1 rings (SSSR count). The predicted octanol–water partition coefficient (Wildman–Crippen LogP) is 2.07. The number of aromatic carboxylic acids is 1. The van der Waals surface area contributed by atoms with Crippen LogP contribution in [-0.4, -0.2) is 36.9 Å². The van der Waals surface area contributed by atoms with Crippen LogP contribution in [0.15, 0.2) is 24.3 Å². The number of carboxylic acid groups (broad SMARTS) is 1. The van der Waals surface area contributed by atoms with Gasteiger partial charge in [0.2, 0.25) is 0 Å². The quantitative estimate of drug-likeness (QED) is 0.765. The van der Waals surface area contributed by atoms with Crippen molar-refractivity contribution in [3.63, 3.8) is 0 Å². The lowest BCUT2D eigenvalue weighted by atomic mass is 9.96. The van der Waals surface area contributed by atoms with E-state index in [0.29, 0.717) is 12.2 Å². The zero-order valence-corrected chi connectivity index (χ0v) is 11.1. The smallest absolute Gasteiger partial charge is 0.335 e. The minimum Gasteiger partial charge on any atom is -0.478 e. The van der Waals surface area contributed by atoms with E-state index in [-0.39, 0.29) is 24.7 Å². The molecule has 1 aromatic rings. The van der Waals surface area contributed by atoms with Crippen molar-refractivity contribution in [2.24, 2.45) is 0 Å². The summed E-state index contributed by atoms with van der Waals surface area (Å²) in [5, 5.41) is 9.08. The van der Waals surface area contributed by atoms with Crippen LogP contribution < -0.4 is 0 Å². The molecular formula is C14H18O5. The fourth-order valence-corrected chi connectivity index (χ4v) is 1.66. The maximum absolute atomic E-state index is 11.3. The third-order valence-corrected chi connectivity index (χ3v) is 2.64. The van der Waals surface area contributed by atoms with Gasteiger partial charge in [0.15, 0.2) is 0 Å². The van der Waals surface area contributed by atoms with Gasteiger partial charge in [0.05, 0.1) is 12.2 Å². The van der Waals surface area contributed by atoms with Crippen LogP contribution >= 0.6 is 0 Å². The normalized spacial score (nSPS) is 11.9. The Morgan fingerprint density at radius 2 is 2.00 bits per heavy atom. The number of ether oxygens (including phenoxy) is 2. The highest BCUT2D eigenvalue weighted by atomic mass is 16.6. The number of benzene rings is 1. The largest absolute Gasteiger partial charge is 0.478 e. The zero-order valence-electron chi connectivity index (χ0n) is 11.1. The molecule has 1 atom stereocenters. The fourth-order valence-electron chi connectivity index (χ4n) is 1.66. The Labute approximate surface area is 112 Å². The van der Waals surface area contributed by atoms with E-state index < -0.39 is 11.9 Å². The standard InChI is InChI=1S/C14H18O5/c1-3-18-9-13(15)19-8-10(2)11-6-4-5-7-12(11)14(16)17/h4-7,10H,3,8-9H2,1-2H3,(H,16,17). The van der Waals surface area contributed by atoms with Gasteiger partial charge in [0, 0.05) is 12.5 Å². The Balaban J connectivity index is 2.61. The first-order valence-electron chi connectivity index (χ1n) is 6.11. The molecule has 0 aliphatic rings. The lowest BCUT2D eigenvalue weighted by Crippen LogP contribution is -2.17. The highest BCUT2D eigenvalue weighted by molar-refractivity contribution is 5.89. The fraction of sp³-hybridized carbons (Fsp3) is 0.429. The molecule has 0 saturated carbocycles. The Morgan fingerprint density at radius 3 is 2.63 bits per heavy atom. The molecule has 0 amide bonds. The minimum absolute atomic E-state index is 0.0796. The van der Waals surface area contributed by atoms with Crippen LogP contribution in [0.3, 0.4) is 0 Å². The van der Waals surface area contributed by atoms with Crippen molar-refractivity contribution in [2.45, 2.75) is 19.8 Å². The summed E-state index contributed by atoms with van der Waals surface area (Å²) < 4.78 is 9.96. The molecule has 1 unspecified atom stereocenters. The van der Waals surface area contributed by atoms with Crippen LogP contribution in [0.1, 0.15) is 35.7 Å². The molecule has 104 valence electrons. The van der Waals surface area contributed by atoms with E-state index >= 15 is 0 Å². The molecule has 0 fully saturated rings. The van der Waals surface area contributed by atoms with Gasteiger partial charge in [-0.1, -0.05) is 25.1 Å². The molecule has 19 heavy (non-hydrogen) atoms. The summed E-state index contributed by atoms with van der Waals surface area (Å²) in [5.41, 5.74) is 0.884. The highest BCUT2D eigenvalue weighted by Crippen LogP contribution is 2.20. The van der Waals surface area contributed by atoms with Crippen molar-refractivity contribution in [1.29, 1.82) is 0 Å². The van der Waals surface area contributed by atoms with Crippen molar-refractivity contribution in [2.75, 3.05) is 19.8 Å². The van der Waals surface area contributed by atoms with Crippen LogP contribution in [-0.2, 0) is 14.3 Å². The van der Waals surface area contributed by atoms with E-state index in [4.69, 9.17) is 14.6 Å². The molecule has 0 saturated heterocycles. The molecule has 5 heteroatoms. The Bertz CT molecular complexity index is 441. The van der Waals surface area contributed by atoms with Gasteiger partial charge in [-0.25, -0.2) is 9.59 Å². The topological polar surface area (TPSA) is 72.8 Å².